The number of anilines is 1. The number of aryl methyl sites for hydroxylation is 1. The summed E-state index contributed by atoms with van der Waals surface area (Å²) in [6, 6.07) is 8.19. The predicted octanol–water partition coefficient (Wildman–Crippen LogP) is 4.30. The molecule has 2 aliphatic rings. The van der Waals surface area contributed by atoms with E-state index in [2.05, 4.69) is 39.0 Å². The minimum atomic E-state index is -0.920. The molecular formula is C24H29N5O3. The number of hydrogen-bond donors (Lipinski definition) is 3. The molecule has 5 rings (SSSR count). The molecule has 4 N–H and O–H groups in total. The molecule has 3 aromatic rings. The number of methoxy groups -OCH3 is 1. The van der Waals surface area contributed by atoms with Crippen molar-refractivity contribution in [2.24, 2.45) is 12.5 Å². The highest BCUT2D eigenvalue weighted by atomic mass is 16.5. The molecule has 2 saturated carbocycles. The van der Waals surface area contributed by atoms with Gasteiger partial charge in [0.05, 0.1) is 12.5 Å². The van der Waals surface area contributed by atoms with E-state index in [1.165, 1.54) is 12.0 Å². The van der Waals surface area contributed by atoms with Crippen LogP contribution in [0.2, 0.25) is 0 Å². The number of aromatic nitrogens is 3. The lowest BCUT2D eigenvalue weighted by Gasteiger charge is -2.51. The summed E-state index contributed by atoms with van der Waals surface area (Å²) in [4.78, 5) is 19.8. The number of carboxylic acid groups (broad SMARTS) is 1. The minimum Gasteiger partial charge on any atom is -0.497 e. The van der Waals surface area contributed by atoms with Gasteiger partial charge in [0.25, 0.3) is 0 Å². The van der Waals surface area contributed by atoms with Crippen molar-refractivity contribution in [3.8, 4) is 16.9 Å². The van der Waals surface area contributed by atoms with Gasteiger partial charge in [0.15, 0.2) is 0 Å². The number of ether oxygens (including phenoxy) is 1. The summed E-state index contributed by atoms with van der Waals surface area (Å²) in [6.07, 6.45) is 6.87. The first-order chi connectivity index (χ1) is 15.4. The summed E-state index contributed by atoms with van der Waals surface area (Å²) in [5.74, 6) is 1.70. The van der Waals surface area contributed by atoms with Crippen LogP contribution in [0, 0.1) is 5.41 Å². The van der Waals surface area contributed by atoms with Gasteiger partial charge in [-0.1, -0.05) is 12.1 Å². The van der Waals surface area contributed by atoms with Crippen LogP contribution in [0.5, 0.6) is 5.75 Å². The highest BCUT2D eigenvalue weighted by Gasteiger charge is 2.47. The third kappa shape index (κ3) is 3.34. The maximum Gasteiger partial charge on any atom is 0.404 e. The number of benzene rings is 1. The molecule has 1 spiro atoms. The Bertz CT molecular complexity index is 1150. The first-order valence-corrected chi connectivity index (χ1v) is 11.1. The molecule has 0 unspecified atom stereocenters. The largest absolute Gasteiger partial charge is 0.497 e. The molecular weight excluding hydrogens is 406 g/mol. The van der Waals surface area contributed by atoms with Gasteiger partial charge < -0.3 is 25.5 Å². The van der Waals surface area contributed by atoms with Crippen LogP contribution < -0.4 is 15.8 Å². The molecule has 0 bridgehead atoms. The number of nitrogens with one attached hydrogen (secondary N) is 1. The van der Waals surface area contributed by atoms with Crippen LogP contribution in [-0.2, 0) is 7.05 Å². The predicted molar refractivity (Wildman–Crippen MR) is 123 cm³/mol. The standard InChI is InChI=1S/C24H29N5O3/c1-29-20(15-7-9-24(10-8-15)11-16(12-24)28-23(30)31)18(14-3-5-17(32-2)6-4-14)19-21(25)26-13-27-22(19)29/h3-6,13,15-16,28H,7-12H2,1-2H3,(H,30,31)(H2,25,26,27). The molecule has 0 saturated heterocycles. The molecule has 1 aromatic carbocycles. The lowest BCUT2D eigenvalue weighted by molar-refractivity contribution is 0.0329. The zero-order valence-electron chi connectivity index (χ0n) is 18.5. The fourth-order valence-corrected chi connectivity index (χ4v) is 6.00. The van der Waals surface area contributed by atoms with Crippen molar-refractivity contribution >= 4 is 22.9 Å². The maximum absolute atomic E-state index is 10.9. The van der Waals surface area contributed by atoms with E-state index < -0.39 is 6.09 Å². The molecule has 0 atom stereocenters. The number of rotatable bonds is 4. The zero-order chi connectivity index (χ0) is 22.5. The average Bonchev–Trinajstić information content (AvgIpc) is 3.07. The number of fused-ring (bicyclic) bond motifs is 1. The van der Waals surface area contributed by atoms with E-state index in [1.54, 1.807) is 7.11 Å². The van der Waals surface area contributed by atoms with Gasteiger partial charge in [0, 0.05) is 24.3 Å². The Labute approximate surface area is 186 Å². The summed E-state index contributed by atoms with van der Waals surface area (Å²) < 4.78 is 7.53. The Kier molecular flexibility index (Phi) is 4.95. The lowest BCUT2D eigenvalue weighted by Crippen LogP contribution is -2.51. The molecule has 8 nitrogen and oxygen atoms in total. The lowest BCUT2D eigenvalue weighted by atomic mass is 9.56. The molecule has 2 aromatic heterocycles. The number of carbonyl (C=O) groups is 1. The highest BCUT2D eigenvalue weighted by Crippen LogP contribution is 2.56. The number of amides is 1. The normalized spacial score (nSPS) is 24.9. The Morgan fingerprint density at radius 3 is 2.53 bits per heavy atom. The van der Waals surface area contributed by atoms with Crippen LogP contribution in [0.15, 0.2) is 30.6 Å². The van der Waals surface area contributed by atoms with Crippen molar-refractivity contribution in [3.63, 3.8) is 0 Å². The summed E-state index contributed by atoms with van der Waals surface area (Å²) in [5.41, 5.74) is 10.9. The zero-order valence-corrected chi connectivity index (χ0v) is 18.5. The molecule has 32 heavy (non-hydrogen) atoms. The van der Waals surface area contributed by atoms with Crippen LogP contribution in [-0.4, -0.2) is 38.9 Å². The van der Waals surface area contributed by atoms with E-state index in [-0.39, 0.29) is 11.5 Å². The van der Waals surface area contributed by atoms with Crippen molar-refractivity contribution in [3.05, 3.63) is 36.3 Å². The van der Waals surface area contributed by atoms with Gasteiger partial charge in [-0.15, -0.1) is 0 Å². The van der Waals surface area contributed by atoms with Gasteiger partial charge in [-0.3, -0.25) is 0 Å². The summed E-state index contributed by atoms with van der Waals surface area (Å²) in [5, 5.41) is 12.5. The fraction of sp³-hybridized carbons (Fsp3) is 0.458. The SMILES string of the molecule is COc1ccc(-c2c(C3CCC4(CC3)CC(NC(=O)O)C4)n(C)c3ncnc(N)c23)cc1. The Balaban J connectivity index is 1.49. The first-order valence-electron chi connectivity index (χ1n) is 11.1. The van der Waals surface area contributed by atoms with E-state index in [1.807, 2.05) is 12.1 Å². The maximum atomic E-state index is 10.9. The number of hydrogen-bond acceptors (Lipinski definition) is 5. The van der Waals surface area contributed by atoms with Crippen molar-refractivity contribution in [1.29, 1.82) is 0 Å². The first kappa shape index (κ1) is 20.6. The topological polar surface area (TPSA) is 115 Å². The van der Waals surface area contributed by atoms with E-state index in [9.17, 15) is 4.79 Å². The Hall–Kier alpha value is -3.29. The van der Waals surface area contributed by atoms with Crippen LogP contribution >= 0.6 is 0 Å². The fourth-order valence-electron chi connectivity index (χ4n) is 6.00. The molecule has 0 radical (unpaired) electrons. The second kappa shape index (κ2) is 7.69. The molecule has 168 valence electrons. The minimum absolute atomic E-state index is 0.103. The van der Waals surface area contributed by atoms with E-state index in [0.717, 1.165) is 66.4 Å². The summed E-state index contributed by atoms with van der Waals surface area (Å²) in [6.45, 7) is 0. The monoisotopic (exact) mass is 435 g/mol. The van der Waals surface area contributed by atoms with Crippen LogP contribution in [0.25, 0.3) is 22.2 Å². The Morgan fingerprint density at radius 2 is 1.91 bits per heavy atom. The van der Waals surface area contributed by atoms with Gasteiger partial charge in [-0.25, -0.2) is 14.8 Å². The molecule has 1 amide bonds. The smallest absolute Gasteiger partial charge is 0.404 e. The van der Waals surface area contributed by atoms with Crippen molar-refractivity contribution in [2.75, 3.05) is 12.8 Å². The van der Waals surface area contributed by atoms with Gasteiger partial charge in [0.2, 0.25) is 0 Å². The number of nitrogens with zero attached hydrogens (tertiary/aromatic N) is 3. The van der Waals surface area contributed by atoms with Gasteiger partial charge >= 0.3 is 6.09 Å². The summed E-state index contributed by atoms with van der Waals surface area (Å²) in [7, 11) is 3.73. The number of nitrogens with two attached hydrogens (primary N) is 1. The van der Waals surface area contributed by atoms with E-state index >= 15 is 0 Å². The highest BCUT2D eigenvalue weighted by molar-refractivity contribution is 6.02. The molecule has 0 aliphatic heterocycles. The number of nitrogen functional groups attached to an aromatic ring is 1. The van der Waals surface area contributed by atoms with Gasteiger partial charge in [0.1, 0.15) is 23.5 Å². The average molecular weight is 436 g/mol. The van der Waals surface area contributed by atoms with Gasteiger partial charge in [-0.2, -0.15) is 0 Å². The van der Waals surface area contributed by atoms with E-state index in [0.29, 0.717) is 11.7 Å². The van der Waals surface area contributed by atoms with Crippen LogP contribution in [0.4, 0.5) is 10.6 Å². The second-order valence-electron chi connectivity index (χ2n) is 9.33. The second-order valence-corrected chi connectivity index (χ2v) is 9.33. The quantitative estimate of drug-likeness (QED) is 0.563. The van der Waals surface area contributed by atoms with Crippen LogP contribution in [0.3, 0.4) is 0 Å². The Morgan fingerprint density at radius 1 is 1.22 bits per heavy atom. The molecule has 2 heterocycles. The van der Waals surface area contributed by atoms with Crippen molar-refractivity contribution in [2.45, 2.75) is 50.5 Å². The van der Waals surface area contributed by atoms with Gasteiger partial charge in [-0.05, 0) is 67.6 Å². The molecule has 2 aliphatic carbocycles. The molecule has 8 heteroatoms. The summed E-state index contributed by atoms with van der Waals surface area (Å²) >= 11 is 0. The third-order valence-corrected chi connectivity index (χ3v) is 7.54. The third-order valence-electron chi connectivity index (χ3n) is 7.54. The van der Waals surface area contributed by atoms with Crippen LogP contribution in [0.1, 0.15) is 50.1 Å². The van der Waals surface area contributed by atoms with E-state index in [4.69, 9.17) is 15.6 Å². The molecule has 2 fully saturated rings. The van der Waals surface area contributed by atoms with Crippen molar-refractivity contribution < 1.29 is 14.6 Å². The van der Waals surface area contributed by atoms with Crippen molar-refractivity contribution in [1.82, 2.24) is 19.9 Å².